The van der Waals surface area contributed by atoms with Crippen molar-refractivity contribution in [2.75, 3.05) is 25.3 Å². The van der Waals surface area contributed by atoms with Crippen LogP contribution < -0.4 is 15.4 Å². The summed E-state index contributed by atoms with van der Waals surface area (Å²) in [5.41, 5.74) is 3.35. The zero-order chi connectivity index (χ0) is 25.7. The predicted octanol–water partition coefficient (Wildman–Crippen LogP) is 4.18. The number of nitriles is 1. The number of carbonyl (C=O) groups excluding carboxylic acids is 3. The molecule has 1 aliphatic heterocycles. The topological polar surface area (TPSA) is 118 Å². The van der Waals surface area contributed by atoms with E-state index in [1.807, 2.05) is 32.0 Å². The second-order valence-electron chi connectivity index (χ2n) is 7.87. The lowest BCUT2D eigenvalue weighted by Crippen LogP contribution is -2.44. The summed E-state index contributed by atoms with van der Waals surface area (Å²) >= 11 is 4.44. The number of benzene rings is 2. The van der Waals surface area contributed by atoms with Crippen LogP contribution in [0.4, 0.5) is 5.69 Å². The van der Waals surface area contributed by atoms with E-state index in [4.69, 9.17) is 9.47 Å². The highest BCUT2D eigenvalue weighted by atomic mass is 79.9. The maximum absolute atomic E-state index is 13.0. The van der Waals surface area contributed by atoms with Crippen LogP contribution in [0.25, 0.3) is 0 Å². The third-order valence-electron chi connectivity index (χ3n) is 5.53. The smallest absolute Gasteiger partial charge is 0.319 e. The van der Waals surface area contributed by atoms with Crippen molar-refractivity contribution in [2.24, 2.45) is 5.92 Å². The molecule has 2 amide bonds. The molecule has 0 aliphatic carbocycles. The minimum Gasteiger partial charge on any atom is -0.496 e. The van der Waals surface area contributed by atoms with Crippen molar-refractivity contribution >= 4 is 51.2 Å². The quantitative estimate of drug-likeness (QED) is 0.387. The fourth-order valence-corrected chi connectivity index (χ4v) is 5.16. The van der Waals surface area contributed by atoms with E-state index in [9.17, 15) is 19.6 Å². The normalized spacial score (nSPS) is 17.3. The van der Waals surface area contributed by atoms with E-state index in [2.05, 4.69) is 32.6 Å². The maximum atomic E-state index is 13.0. The van der Waals surface area contributed by atoms with Gasteiger partial charge in [-0.3, -0.25) is 14.4 Å². The van der Waals surface area contributed by atoms with Crippen molar-refractivity contribution < 1.29 is 23.9 Å². The number of rotatable bonds is 7. The number of nitrogens with one attached hydrogen (secondary N) is 2. The Labute approximate surface area is 216 Å². The lowest BCUT2D eigenvalue weighted by atomic mass is 9.78. The first kappa shape index (κ1) is 26.3. The molecule has 1 aliphatic rings. The summed E-state index contributed by atoms with van der Waals surface area (Å²) in [5, 5.41) is 15.7. The Morgan fingerprint density at radius 3 is 2.57 bits per heavy atom. The largest absolute Gasteiger partial charge is 0.496 e. The number of amides is 2. The van der Waals surface area contributed by atoms with E-state index in [-0.39, 0.29) is 22.3 Å². The van der Waals surface area contributed by atoms with Gasteiger partial charge in [-0.1, -0.05) is 30.0 Å². The number of ether oxygens (including phenoxy) is 2. The molecular formula is C25H24BrN3O5S. The average Bonchev–Trinajstić information content (AvgIpc) is 2.83. The highest BCUT2D eigenvalue weighted by Gasteiger charge is 2.44. The molecule has 8 nitrogen and oxygen atoms in total. The number of hydrogen-bond donors (Lipinski definition) is 2. The first-order chi connectivity index (χ1) is 16.7. The summed E-state index contributed by atoms with van der Waals surface area (Å²) in [7, 11) is 2.71. The number of methoxy groups -OCH3 is 2. The van der Waals surface area contributed by atoms with Gasteiger partial charge in [0.05, 0.1) is 41.1 Å². The molecule has 35 heavy (non-hydrogen) atoms. The van der Waals surface area contributed by atoms with Gasteiger partial charge in [-0.25, -0.2) is 0 Å². The molecule has 10 heteroatoms. The van der Waals surface area contributed by atoms with Gasteiger partial charge in [-0.15, -0.1) is 0 Å². The minimum absolute atomic E-state index is 0.0455. The fraction of sp³-hybridized carbons (Fsp3) is 0.280. The molecule has 2 aromatic rings. The number of allylic oxidation sites excluding steroid dienone is 1. The number of esters is 1. The Morgan fingerprint density at radius 2 is 1.94 bits per heavy atom. The second kappa shape index (κ2) is 11.4. The third kappa shape index (κ3) is 5.86. The standard InChI is InChI=1S/C25H24BrN3O5S/c1-13-5-6-14(2)18(9-13)28-20(30)12-35-24-16(11-27)21(22(23(31)29-24)25(32)34-4)15-7-8-19(33-3)17(26)10-15/h5-10,21-22H,12H2,1-4H3,(H,28,30)(H,29,31)/t21-,22+/m0/s1. The Hall–Kier alpha value is -3.29. The van der Waals surface area contributed by atoms with Crippen molar-refractivity contribution in [1.82, 2.24) is 5.32 Å². The highest BCUT2D eigenvalue weighted by molar-refractivity contribution is 9.10. The van der Waals surface area contributed by atoms with Crippen molar-refractivity contribution in [1.29, 1.82) is 5.26 Å². The van der Waals surface area contributed by atoms with Crippen LogP contribution in [0.3, 0.4) is 0 Å². The third-order valence-corrected chi connectivity index (χ3v) is 7.17. The van der Waals surface area contributed by atoms with Gasteiger partial charge < -0.3 is 20.1 Å². The Kier molecular flexibility index (Phi) is 8.59. The molecule has 182 valence electrons. The van der Waals surface area contributed by atoms with E-state index in [0.717, 1.165) is 22.9 Å². The van der Waals surface area contributed by atoms with Crippen LogP contribution in [0.5, 0.6) is 5.75 Å². The van der Waals surface area contributed by atoms with Crippen LogP contribution in [-0.2, 0) is 19.1 Å². The lowest BCUT2D eigenvalue weighted by molar-refractivity contribution is -0.150. The molecule has 3 rings (SSSR count). The average molecular weight is 558 g/mol. The number of aryl methyl sites for hydroxylation is 2. The number of hydrogen-bond acceptors (Lipinski definition) is 7. The molecule has 0 bridgehead atoms. The van der Waals surface area contributed by atoms with Crippen molar-refractivity contribution in [3.63, 3.8) is 0 Å². The first-order valence-corrected chi connectivity index (χ1v) is 12.3. The number of thioether (sulfide) groups is 1. The van der Waals surface area contributed by atoms with Gasteiger partial charge in [0, 0.05) is 11.6 Å². The van der Waals surface area contributed by atoms with Gasteiger partial charge in [0.15, 0.2) is 0 Å². The van der Waals surface area contributed by atoms with Gasteiger partial charge in [0.1, 0.15) is 11.7 Å². The van der Waals surface area contributed by atoms with E-state index >= 15 is 0 Å². The summed E-state index contributed by atoms with van der Waals surface area (Å²) < 4.78 is 10.7. The number of carbonyl (C=O) groups is 3. The van der Waals surface area contributed by atoms with Crippen LogP contribution in [0, 0.1) is 31.1 Å². The summed E-state index contributed by atoms with van der Waals surface area (Å²) in [4.78, 5) is 38.2. The van der Waals surface area contributed by atoms with E-state index in [1.165, 1.54) is 14.2 Å². The first-order valence-electron chi connectivity index (χ1n) is 10.6. The number of halogens is 1. The van der Waals surface area contributed by atoms with Gasteiger partial charge >= 0.3 is 5.97 Å². The second-order valence-corrected chi connectivity index (χ2v) is 9.71. The van der Waals surface area contributed by atoms with Crippen molar-refractivity contribution in [3.8, 4) is 11.8 Å². The van der Waals surface area contributed by atoms with Gasteiger partial charge in [-0.05, 0) is 64.7 Å². The molecule has 0 saturated heterocycles. The summed E-state index contributed by atoms with van der Waals surface area (Å²) in [6, 6.07) is 12.9. The molecule has 0 unspecified atom stereocenters. The van der Waals surface area contributed by atoms with E-state index < -0.39 is 23.7 Å². The summed E-state index contributed by atoms with van der Waals surface area (Å²) in [6.45, 7) is 3.82. The molecule has 2 atom stereocenters. The fourth-order valence-electron chi connectivity index (χ4n) is 3.75. The molecule has 2 N–H and O–H groups in total. The van der Waals surface area contributed by atoms with Crippen LogP contribution in [-0.4, -0.2) is 37.8 Å². The highest BCUT2D eigenvalue weighted by Crippen LogP contribution is 2.42. The van der Waals surface area contributed by atoms with Gasteiger partial charge in [-0.2, -0.15) is 5.26 Å². The van der Waals surface area contributed by atoms with E-state index in [0.29, 0.717) is 21.5 Å². The van der Waals surface area contributed by atoms with Gasteiger partial charge in [0.25, 0.3) is 0 Å². The van der Waals surface area contributed by atoms with Crippen molar-refractivity contribution in [2.45, 2.75) is 19.8 Å². The predicted molar refractivity (Wildman–Crippen MR) is 137 cm³/mol. The monoisotopic (exact) mass is 557 g/mol. The molecule has 0 spiro atoms. The van der Waals surface area contributed by atoms with Crippen LogP contribution in [0.2, 0.25) is 0 Å². The molecule has 0 aromatic heterocycles. The van der Waals surface area contributed by atoms with Crippen LogP contribution >= 0.6 is 27.7 Å². The Morgan fingerprint density at radius 1 is 1.20 bits per heavy atom. The molecular weight excluding hydrogens is 534 g/mol. The maximum Gasteiger partial charge on any atom is 0.319 e. The Balaban J connectivity index is 1.93. The van der Waals surface area contributed by atoms with Crippen LogP contribution in [0.1, 0.15) is 22.6 Å². The molecule has 0 saturated carbocycles. The molecule has 1 heterocycles. The molecule has 0 fully saturated rings. The molecule has 0 radical (unpaired) electrons. The zero-order valence-corrected chi connectivity index (χ0v) is 22.0. The molecule has 2 aromatic carbocycles. The number of nitrogens with zero attached hydrogens (tertiary/aromatic N) is 1. The summed E-state index contributed by atoms with van der Waals surface area (Å²) in [5.74, 6) is -3.30. The Bertz CT molecular complexity index is 1250. The van der Waals surface area contributed by atoms with Gasteiger partial charge in [0.2, 0.25) is 11.8 Å². The van der Waals surface area contributed by atoms with Crippen LogP contribution in [0.15, 0.2) is 51.5 Å². The van der Waals surface area contributed by atoms with Crippen molar-refractivity contribution in [3.05, 3.63) is 68.2 Å². The number of anilines is 1. The lowest BCUT2D eigenvalue weighted by Gasteiger charge is -2.31. The summed E-state index contributed by atoms with van der Waals surface area (Å²) in [6.07, 6.45) is 0. The minimum atomic E-state index is -1.26. The zero-order valence-electron chi connectivity index (χ0n) is 19.6. The SMILES string of the molecule is COC(=O)[C@H]1C(=O)NC(SCC(=O)Nc2cc(C)ccc2C)=C(C#N)[C@@H]1c1ccc(OC)c(Br)c1. The van der Waals surface area contributed by atoms with E-state index in [1.54, 1.807) is 18.2 Å².